The number of carbonyl (C=O) groups is 1. The van der Waals surface area contributed by atoms with Gasteiger partial charge in [0.15, 0.2) is 5.76 Å². The van der Waals surface area contributed by atoms with Crippen LogP contribution in [0.2, 0.25) is 5.02 Å². The molecule has 0 aliphatic carbocycles. The molecule has 2 aromatic rings. The first-order valence-corrected chi connectivity index (χ1v) is 7.22. The van der Waals surface area contributed by atoms with Crippen LogP contribution in [0.15, 0.2) is 40.8 Å². The van der Waals surface area contributed by atoms with Gasteiger partial charge in [0.05, 0.1) is 12.2 Å². The van der Waals surface area contributed by atoms with Crippen molar-refractivity contribution in [2.24, 2.45) is 0 Å². The van der Waals surface area contributed by atoms with Crippen LogP contribution in [0.3, 0.4) is 0 Å². The Bertz CT molecular complexity index is 677. The average Bonchev–Trinajstić information content (AvgIpc) is 2.85. The van der Waals surface area contributed by atoms with Crippen LogP contribution >= 0.6 is 11.6 Å². The van der Waals surface area contributed by atoms with E-state index in [4.69, 9.17) is 16.0 Å². The van der Waals surface area contributed by atoms with Crippen molar-refractivity contribution in [3.63, 3.8) is 0 Å². The molecule has 0 bridgehead atoms. The highest BCUT2D eigenvalue weighted by molar-refractivity contribution is 6.30. The molecule has 0 saturated heterocycles. The van der Waals surface area contributed by atoms with Gasteiger partial charge in [0, 0.05) is 17.1 Å². The number of nitrogens with zero attached hydrogens (tertiary/aromatic N) is 1. The van der Waals surface area contributed by atoms with Gasteiger partial charge in [-0.2, -0.15) is 0 Å². The molecule has 22 heavy (non-hydrogen) atoms. The maximum atomic E-state index is 11.6. The first-order valence-electron chi connectivity index (χ1n) is 6.84. The molecule has 6 heteroatoms. The molecular formula is C16H18ClN3O2. The van der Waals surface area contributed by atoms with E-state index in [0.717, 1.165) is 16.8 Å². The molecule has 0 fully saturated rings. The van der Waals surface area contributed by atoms with Gasteiger partial charge in [0.2, 0.25) is 5.89 Å². The highest BCUT2D eigenvalue weighted by atomic mass is 35.5. The summed E-state index contributed by atoms with van der Waals surface area (Å²) in [4.78, 5) is 15.9. The second kappa shape index (κ2) is 7.13. The molecule has 5 nitrogen and oxygen atoms in total. The second-order valence-corrected chi connectivity index (χ2v) is 5.46. The van der Waals surface area contributed by atoms with Crippen LogP contribution in [-0.4, -0.2) is 17.6 Å². The summed E-state index contributed by atoms with van der Waals surface area (Å²) < 4.78 is 5.70. The number of hydrogen-bond acceptors (Lipinski definition) is 3. The van der Waals surface area contributed by atoms with Gasteiger partial charge in [-0.1, -0.05) is 23.8 Å². The van der Waals surface area contributed by atoms with E-state index in [1.807, 2.05) is 26.0 Å². The summed E-state index contributed by atoms with van der Waals surface area (Å²) in [6, 6.07) is 7.04. The molecule has 0 spiro atoms. The fourth-order valence-electron chi connectivity index (χ4n) is 1.85. The molecular weight excluding hydrogens is 302 g/mol. The minimum Gasteiger partial charge on any atom is -0.438 e. The Morgan fingerprint density at radius 1 is 1.32 bits per heavy atom. The third-order valence-electron chi connectivity index (χ3n) is 2.90. The summed E-state index contributed by atoms with van der Waals surface area (Å²) in [5.74, 6) is 1.13. The largest absolute Gasteiger partial charge is 0.438 e. The molecule has 116 valence electrons. The standard InChI is InChI=1S/C16H18ClN3O2/c1-10(2)8-18-16(21)19-9-14-20-11(3)15(22-14)12-4-6-13(17)7-5-12/h4-7H,1,8-9H2,2-3H3,(H2,18,19,21). The van der Waals surface area contributed by atoms with Crippen molar-refractivity contribution in [3.05, 3.63) is 53.0 Å². The number of rotatable bonds is 5. The van der Waals surface area contributed by atoms with Crippen LogP contribution < -0.4 is 10.6 Å². The SMILES string of the molecule is C=C(C)CNC(=O)NCc1nc(C)c(-c2ccc(Cl)cc2)o1. The quantitative estimate of drug-likeness (QED) is 0.826. The Hall–Kier alpha value is -2.27. The third kappa shape index (κ3) is 4.36. The molecule has 2 N–H and O–H groups in total. The summed E-state index contributed by atoms with van der Waals surface area (Å²) in [6.45, 7) is 8.08. The van der Waals surface area contributed by atoms with E-state index in [9.17, 15) is 4.79 Å². The number of amides is 2. The van der Waals surface area contributed by atoms with Gasteiger partial charge in [-0.3, -0.25) is 0 Å². The number of aromatic nitrogens is 1. The van der Waals surface area contributed by atoms with Gasteiger partial charge < -0.3 is 15.1 Å². The van der Waals surface area contributed by atoms with Crippen molar-refractivity contribution in [1.29, 1.82) is 0 Å². The Morgan fingerprint density at radius 3 is 2.64 bits per heavy atom. The average molecular weight is 320 g/mol. The van der Waals surface area contributed by atoms with Crippen LogP contribution in [0.4, 0.5) is 4.79 Å². The van der Waals surface area contributed by atoms with Crippen LogP contribution in [-0.2, 0) is 6.54 Å². The van der Waals surface area contributed by atoms with Crippen LogP contribution in [0.5, 0.6) is 0 Å². The number of hydrogen-bond donors (Lipinski definition) is 2. The fourth-order valence-corrected chi connectivity index (χ4v) is 1.97. The Kier molecular flexibility index (Phi) is 5.22. The highest BCUT2D eigenvalue weighted by Gasteiger charge is 2.12. The summed E-state index contributed by atoms with van der Waals surface area (Å²) in [7, 11) is 0. The van der Waals surface area contributed by atoms with E-state index in [-0.39, 0.29) is 12.6 Å². The molecule has 2 rings (SSSR count). The second-order valence-electron chi connectivity index (χ2n) is 5.02. The van der Waals surface area contributed by atoms with Crippen molar-refractivity contribution >= 4 is 17.6 Å². The van der Waals surface area contributed by atoms with Crippen LogP contribution in [0, 0.1) is 6.92 Å². The number of urea groups is 1. The number of nitrogens with one attached hydrogen (secondary N) is 2. The maximum absolute atomic E-state index is 11.6. The van der Waals surface area contributed by atoms with Gasteiger partial charge in [-0.15, -0.1) is 0 Å². The lowest BCUT2D eigenvalue weighted by Gasteiger charge is -2.05. The molecule has 1 aromatic carbocycles. The molecule has 0 radical (unpaired) electrons. The van der Waals surface area contributed by atoms with E-state index in [0.29, 0.717) is 23.2 Å². The predicted molar refractivity (Wildman–Crippen MR) is 86.7 cm³/mol. The van der Waals surface area contributed by atoms with Crippen molar-refractivity contribution in [2.45, 2.75) is 20.4 Å². The van der Waals surface area contributed by atoms with Gasteiger partial charge in [-0.05, 0) is 38.1 Å². The number of carbonyl (C=O) groups excluding carboxylic acids is 1. The van der Waals surface area contributed by atoms with E-state index >= 15 is 0 Å². The van der Waals surface area contributed by atoms with Gasteiger partial charge in [-0.25, -0.2) is 9.78 Å². The number of aryl methyl sites for hydroxylation is 1. The van der Waals surface area contributed by atoms with E-state index in [1.54, 1.807) is 12.1 Å². The van der Waals surface area contributed by atoms with E-state index < -0.39 is 0 Å². The van der Waals surface area contributed by atoms with Crippen LogP contribution in [0.1, 0.15) is 18.5 Å². The molecule has 1 aromatic heterocycles. The first-order chi connectivity index (χ1) is 10.5. The Labute approximate surface area is 134 Å². The number of halogens is 1. The van der Waals surface area contributed by atoms with Crippen molar-refractivity contribution in [1.82, 2.24) is 15.6 Å². The lowest BCUT2D eigenvalue weighted by atomic mass is 10.1. The zero-order valence-corrected chi connectivity index (χ0v) is 13.3. The lowest BCUT2D eigenvalue weighted by Crippen LogP contribution is -2.35. The fraction of sp³-hybridized carbons (Fsp3) is 0.250. The highest BCUT2D eigenvalue weighted by Crippen LogP contribution is 2.25. The normalized spacial score (nSPS) is 10.3. The van der Waals surface area contributed by atoms with Crippen molar-refractivity contribution < 1.29 is 9.21 Å². The Balaban J connectivity index is 1.99. The van der Waals surface area contributed by atoms with E-state index in [1.165, 1.54) is 0 Å². The molecule has 0 aliphatic heterocycles. The zero-order chi connectivity index (χ0) is 16.1. The molecule has 1 heterocycles. The van der Waals surface area contributed by atoms with Crippen molar-refractivity contribution in [3.8, 4) is 11.3 Å². The minimum absolute atomic E-state index is 0.219. The molecule has 2 amide bonds. The van der Waals surface area contributed by atoms with Crippen LogP contribution in [0.25, 0.3) is 11.3 Å². The third-order valence-corrected chi connectivity index (χ3v) is 3.15. The Morgan fingerprint density at radius 2 is 2.00 bits per heavy atom. The number of oxazole rings is 1. The van der Waals surface area contributed by atoms with Gasteiger partial charge >= 0.3 is 6.03 Å². The minimum atomic E-state index is -0.285. The maximum Gasteiger partial charge on any atom is 0.315 e. The summed E-state index contributed by atoms with van der Waals surface area (Å²) >= 11 is 5.87. The van der Waals surface area contributed by atoms with E-state index in [2.05, 4.69) is 22.2 Å². The van der Waals surface area contributed by atoms with Gasteiger partial charge in [0.1, 0.15) is 0 Å². The smallest absolute Gasteiger partial charge is 0.315 e. The summed E-state index contributed by atoms with van der Waals surface area (Å²) in [5, 5.41) is 6.03. The summed E-state index contributed by atoms with van der Waals surface area (Å²) in [5.41, 5.74) is 2.54. The molecule has 0 saturated carbocycles. The van der Waals surface area contributed by atoms with Gasteiger partial charge in [0.25, 0.3) is 0 Å². The molecule has 0 atom stereocenters. The zero-order valence-electron chi connectivity index (χ0n) is 12.6. The lowest BCUT2D eigenvalue weighted by molar-refractivity contribution is 0.240. The summed E-state index contributed by atoms with van der Waals surface area (Å²) in [6.07, 6.45) is 0. The molecule has 0 aliphatic rings. The predicted octanol–water partition coefficient (Wildman–Crippen LogP) is 3.68. The topological polar surface area (TPSA) is 67.2 Å². The first kappa shape index (κ1) is 16.1. The molecule has 0 unspecified atom stereocenters. The number of benzene rings is 1. The van der Waals surface area contributed by atoms with Crippen molar-refractivity contribution in [2.75, 3.05) is 6.54 Å². The monoisotopic (exact) mass is 319 g/mol.